The summed E-state index contributed by atoms with van der Waals surface area (Å²) in [5, 5.41) is 4.72. The molecule has 2 aromatic carbocycles. The predicted octanol–water partition coefficient (Wildman–Crippen LogP) is 5.79. The van der Waals surface area contributed by atoms with Crippen LogP contribution in [-0.2, 0) is 0 Å². The first-order chi connectivity index (χ1) is 10.8. The molecular weight excluding hydrogens is 398 g/mol. The lowest BCUT2D eigenvalue weighted by Gasteiger charge is -2.19. The number of amides is 1. The number of hydrazone groups is 1. The summed E-state index contributed by atoms with van der Waals surface area (Å²) in [6.45, 7) is 0. The summed E-state index contributed by atoms with van der Waals surface area (Å²) >= 11 is 23.8. The summed E-state index contributed by atoms with van der Waals surface area (Å²) < 4.78 is -0.682. The van der Waals surface area contributed by atoms with Crippen molar-refractivity contribution < 1.29 is 4.79 Å². The van der Waals surface area contributed by atoms with Crippen LogP contribution in [0.25, 0.3) is 0 Å². The summed E-state index contributed by atoms with van der Waals surface area (Å²) in [6.07, 6.45) is 1.49. The van der Waals surface area contributed by atoms with Crippen LogP contribution < -0.4 is 0 Å². The van der Waals surface area contributed by atoms with Crippen molar-refractivity contribution in [3.8, 4) is 0 Å². The monoisotopic (exact) mass is 406 g/mol. The molecule has 0 fully saturated rings. The third-order valence-electron chi connectivity index (χ3n) is 2.57. The third kappa shape index (κ3) is 6.24. The zero-order chi connectivity index (χ0) is 16.9. The molecule has 0 aliphatic rings. The number of rotatable bonds is 4. The fourth-order valence-corrected chi connectivity index (χ4v) is 2.77. The van der Waals surface area contributed by atoms with E-state index >= 15 is 0 Å². The number of benzene rings is 2. The average molecular weight is 408 g/mol. The van der Waals surface area contributed by atoms with Crippen molar-refractivity contribution in [1.29, 1.82) is 0 Å². The van der Waals surface area contributed by atoms with Crippen molar-refractivity contribution in [3.63, 3.8) is 0 Å². The molecular formula is C15H10Cl4N2OS. The van der Waals surface area contributed by atoms with E-state index in [1.165, 1.54) is 6.21 Å². The molecule has 1 amide bonds. The average Bonchev–Trinajstić information content (AvgIpc) is 2.52. The van der Waals surface area contributed by atoms with E-state index in [0.717, 1.165) is 9.98 Å². The summed E-state index contributed by atoms with van der Waals surface area (Å²) in [4.78, 5) is 12.5. The third-order valence-corrected chi connectivity index (χ3v) is 4.08. The van der Waals surface area contributed by atoms with Crippen LogP contribution in [0.15, 0.2) is 59.7 Å². The van der Waals surface area contributed by atoms with Gasteiger partial charge in [-0.25, -0.2) is 0 Å². The molecule has 0 aromatic heterocycles. The maximum atomic E-state index is 12.5. The lowest BCUT2D eigenvalue weighted by atomic mass is 10.2. The van der Waals surface area contributed by atoms with Gasteiger partial charge in [0.15, 0.2) is 0 Å². The van der Waals surface area contributed by atoms with Crippen LogP contribution in [0.3, 0.4) is 0 Å². The van der Waals surface area contributed by atoms with Crippen molar-refractivity contribution in [3.05, 3.63) is 70.7 Å². The molecule has 0 spiro atoms. The standard InChI is InChI=1S/C15H10Cl4N2OS/c16-13-8-6-11(7-9-13)10-20-21(23-15(17,18)19)14(22)12-4-2-1-3-5-12/h1-10H. The van der Waals surface area contributed by atoms with Gasteiger partial charge in [-0.3, -0.25) is 4.79 Å². The Labute approximate surface area is 158 Å². The predicted molar refractivity (Wildman–Crippen MR) is 99.5 cm³/mol. The molecule has 0 saturated heterocycles. The summed E-state index contributed by atoms with van der Waals surface area (Å²) in [5.41, 5.74) is 1.19. The van der Waals surface area contributed by atoms with Crippen molar-refractivity contribution >= 4 is 70.5 Å². The fourth-order valence-electron chi connectivity index (χ4n) is 1.57. The minimum absolute atomic E-state index is 0.396. The number of carbonyl (C=O) groups is 1. The van der Waals surface area contributed by atoms with Crippen LogP contribution in [0.5, 0.6) is 0 Å². The van der Waals surface area contributed by atoms with E-state index in [9.17, 15) is 4.79 Å². The Bertz CT molecular complexity index is 687. The summed E-state index contributed by atoms with van der Waals surface area (Å²) in [5.74, 6) is -0.396. The Morgan fingerprint density at radius 3 is 2.22 bits per heavy atom. The Morgan fingerprint density at radius 1 is 1.04 bits per heavy atom. The van der Waals surface area contributed by atoms with Crippen LogP contribution in [0.4, 0.5) is 0 Å². The Kier molecular flexibility index (Phi) is 6.62. The lowest BCUT2D eigenvalue weighted by Crippen LogP contribution is -2.22. The van der Waals surface area contributed by atoms with Gasteiger partial charge in [0.05, 0.1) is 6.21 Å². The van der Waals surface area contributed by atoms with Gasteiger partial charge < -0.3 is 0 Å². The van der Waals surface area contributed by atoms with Gasteiger partial charge in [-0.1, -0.05) is 76.7 Å². The van der Waals surface area contributed by atoms with Gasteiger partial charge in [-0.15, -0.1) is 0 Å². The van der Waals surface area contributed by atoms with E-state index < -0.39 is 9.03 Å². The van der Waals surface area contributed by atoms with Crippen LogP contribution in [0, 0.1) is 0 Å². The molecule has 0 radical (unpaired) electrons. The maximum Gasteiger partial charge on any atom is 0.284 e. The Morgan fingerprint density at radius 2 is 1.65 bits per heavy atom. The maximum absolute atomic E-state index is 12.5. The molecule has 0 saturated carbocycles. The van der Waals surface area contributed by atoms with Crippen molar-refractivity contribution in [1.82, 2.24) is 4.41 Å². The van der Waals surface area contributed by atoms with Crippen molar-refractivity contribution in [2.45, 2.75) is 3.12 Å². The van der Waals surface area contributed by atoms with Gasteiger partial charge in [-0.05, 0) is 29.8 Å². The number of carbonyl (C=O) groups excluding carboxylic acids is 1. The molecule has 0 unspecified atom stereocenters. The van der Waals surface area contributed by atoms with Crippen LogP contribution in [0.2, 0.25) is 5.02 Å². The first-order valence-electron chi connectivity index (χ1n) is 6.30. The van der Waals surface area contributed by atoms with E-state index in [2.05, 4.69) is 5.10 Å². The molecule has 2 aromatic rings. The van der Waals surface area contributed by atoms with Crippen LogP contribution >= 0.6 is 58.4 Å². The number of alkyl halides is 3. The molecule has 8 heteroatoms. The number of hydrogen-bond donors (Lipinski definition) is 0. The number of halogens is 4. The SMILES string of the molecule is O=C(c1ccccc1)N(N=Cc1ccc(Cl)cc1)SC(Cl)(Cl)Cl. The highest BCUT2D eigenvalue weighted by molar-refractivity contribution is 8.03. The quantitative estimate of drug-likeness (QED) is 0.278. The molecule has 0 aliphatic carbocycles. The highest BCUT2D eigenvalue weighted by Crippen LogP contribution is 2.41. The van der Waals surface area contributed by atoms with E-state index in [4.69, 9.17) is 46.4 Å². The molecule has 2 rings (SSSR count). The van der Waals surface area contributed by atoms with Crippen LogP contribution in [0.1, 0.15) is 15.9 Å². The normalized spacial score (nSPS) is 11.7. The molecule has 0 N–H and O–H groups in total. The molecule has 23 heavy (non-hydrogen) atoms. The highest BCUT2D eigenvalue weighted by Gasteiger charge is 2.29. The smallest absolute Gasteiger partial charge is 0.266 e. The zero-order valence-electron chi connectivity index (χ0n) is 11.5. The second kappa shape index (κ2) is 8.27. The summed E-state index contributed by atoms with van der Waals surface area (Å²) in [7, 11) is 0. The minimum Gasteiger partial charge on any atom is -0.266 e. The van der Waals surface area contributed by atoms with Gasteiger partial charge in [0.25, 0.3) is 9.03 Å². The molecule has 0 heterocycles. The number of nitrogens with zero attached hydrogens (tertiary/aromatic N) is 2. The van der Waals surface area contributed by atoms with Crippen LogP contribution in [-0.4, -0.2) is 19.7 Å². The van der Waals surface area contributed by atoms with Gasteiger partial charge in [-0.2, -0.15) is 9.52 Å². The second-order valence-corrected chi connectivity index (χ2v) is 8.81. The molecule has 0 bridgehead atoms. The van der Waals surface area contributed by atoms with E-state index in [-0.39, 0.29) is 0 Å². The zero-order valence-corrected chi connectivity index (χ0v) is 15.3. The van der Waals surface area contributed by atoms with E-state index in [1.54, 1.807) is 54.6 Å². The Balaban J connectivity index is 2.23. The van der Waals surface area contributed by atoms with Gasteiger partial charge in [0, 0.05) is 22.5 Å². The van der Waals surface area contributed by atoms with Crippen molar-refractivity contribution in [2.24, 2.45) is 5.10 Å². The first-order valence-corrected chi connectivity index (χ1v) is 8.58. The molecule has 3 nitrogen and oxygen atoms in total. The van der Waals surface area contributed by atoms with E-state index in [1.807, 2.05) is 0 Å². The number of hydrogen-bond acceptors (Lipinski definition) is 3. The van der Waals surface area contributed by atoms with Gasteiger partial charge in [0.1, 0.15) is 0 Å². The topological polar surface area (TPSA) is 32.7 Å². The fraction of sp³-hybridized carbons (Fsp3) is 0.0667. The molecule has 120 valence electrons. The van der Waals surface area contributed by atoms with E-state index in [0.29, 0.717) is 22.5 Å². The minimum atomic E-state index is -1.72. The molecule has 0 atom stereocenters. The van der Waals surface area contributed by atoms with Gasteiger partial charge in [0.2, 0.25) is 0 Å². The largest absolute Gasteiger partial charge is 0.284 e. The Hall–Kier alpha value is -0.910. The highest BCUT2D eigenvalue weighted by atomic mass is 35.6. The lowest BCUT2D eigenvalue weighted by molar-refractivity contribution is 0.0875. The molecule has 0 aliphatic heterocycles. The summed E-state index contributed by atoms with van der Waals surface area (Å²) in [6, 6.07) is 15.6. The second-order valence-electron chi connectivity index (χ2n) is 4.28. The van der Waals surface area contributed by atoms with Gasteiger partial charge >= 0.3 is 0 Å². The first kappa shape index (κ1) is 18.4. The van der Waals surface area contributed by atoms with Crippen molar-refractivity contribution in [2.75, 3.05) is 0 Å².